The standard InChI is InChI=1S/C11H18O2Si/c1-4-14(5-2,6-3)11-7-10(8-12)9-13-11/h7-9H,4-6H2,1-3H3. The highest BCUT2D eigenvalue weighted by Crippen LogP contribution is 2.20. The molecule has 1 aromatic rings. The minimum Gasteiger partial charge on any atom is -0.474 e. The van der Waals surface area contributed by atoms with Crippen LogP contribution >= 0.6 is 0 Å². The lowest BCUT2D eigenvalue weighted by molar-refractivity contribution is 0.112. The average molecular weight is 210 g/mol. The first-order valence-corrected chi connectivity index (χ1v) is 7.88. The Bertz CT molecular complexity index is 292. The van der Waals surface area contributed by atoms with Crippen LogP contribution in [0.3, 0.4) is 0 Å². The summed E-state index contributed by atoms with van der Waals surface area (Å²) >= 11 is 0. The predicted molar refractivity (Wildman–Crippen MR) is 60.9 cm³/mol. The quantitative estimate of drug-likeness (QED) is 0.552. The Morgan fingerprint density at radius 3 is 2.21 bits per heavy atom. The molecular weight excluding hydrogens is 192 g/mol. The third kappa shape index (κ3) is 1.82. The summed E-state index contributed by atoms with van der Waals surface area (Å²) in [5.74, 6) is 0. The zero-order chi connectivity index (χ0) is 10.6. The van der Waals surface area contributed by atoms with Gasteiger partial charge in [-0.2, -0.15) is 0 Å². The lowest BCUT2D eigenvalue weighted by Gasteiger charge is -2.24. The van der Waals surface area contributed by atoms with E-state index in [-0.39, 0.29) is 0 Å². The summed E-state index contributed by atoms with van der Waals surface area (Å²) in [6.07, 6.45) is 2.43. The van der Waals surface area contributed by atoms with Crippen molar-refractivity contribution in [3.05, 3.63) is 17.9 Å². The average Bonchev–Trinajstić information content (AvgIpc) is 2.71. The Hall–Kier alpha value is -0.833. The van der Waals surface area contributed by atoms with Crippen molar-refractivity contribution in [2.45, 2.75) is 38.9 Å². The highest BCUT2D eigenvalue weighted by molar-refractivity contribution is 6.90. The van der Waals surface area contributed by atoms with Crippen LogP contribution in [0, 0.1) is 0 Å². The minimum absolute atomic E-state index is 0.673. The van der Waals surface area contributed by atoms with Gasteiger partial charge < -0.3 is 4.42 Å². The molecule has 0 bridgehead atoms. The highest BCUT2D eigenvalue weighted by atomic mass is 28.3. The van der Waals surface area contributed by atoms with E-state index in [1.807, 2.05) is 6.07 Å². The molecule has 0 radical (unpaired) electrons. The Morgan fingerprint density at radius 2 is 1.86 bits per heavy atom. The van der Waals surface area contributed by atoms with Crippen LogP contribution in [0.15, 0.2) is 16.7 Å². The van der Waals surface area contributed by atoms with Gasteiger partial charge in [0, 0.05) is 0 Å². The Kier molecular flexibility index (Phi) is 3.69. The van der Waals surface area contributed by atoms with E-state index < -0.39 is 8.07 Å². The Balaban J connectivity index is 3.04. The van der Waals surface area contributed by atoms with Crippen molar-refractivity contribution < 1.29 is 9.21 Å². The first-order valence-electron chi connectivity index (χ1n) is 5.26. The molecule has 3 heteroatoms. The zero-order valence-corrected chi connectivity index (χ0v) is 10.2. The number of aldehydes is 1. The van der Waals surface area contributed by atoms with Gasteiger partial charge in [-0.1, -0.05) is 38.9 Å². The van der Waals surface area contributed by atoms with Gasteiger partial charge in [-0.3, -0.25) is 4.79 Å². The summed E-state index contributed by atoms with van der Waals surface area (Å²) in [6.45, 7) is 6.67. The van der Waals surface area contributed by atoms with Crippen LogP contribution < -0.4 is 5.38 Å². The molecule has 0 spiro atoms. The Labute approximate surface area is 86.3 Å². The van der Waals surface area contributed by atoms with Gasteiger partial charge in [-0.15, -0.1) is 0 Å². The van der Waals surface area contributed by atoms with Crippen LogP contribution in [0.5, 0.6) is 0 Å². The van der Waals surface area contributed by atoms with Crippen molar-refractivity contribution in [2.24, 2.45) is 0 Å². The summed E-state index contributed by atoms with van der Waals surface area (Å²) < 4.78 is 5.52. The fourth-order valence-corrected chi connectivity index (χ4v) is 5.29. The monoisotopic (exact) mass is 210 g/mol. The van der Waals surface area contributed by atoms with Crippen LogP contribution in [0.25, 0.3) is 0 Å². The van der Waals surface area contributed by atoms with Gasteiger partial charge in [-0.05, 0) is 6.07 Å². The highest BCUT2D eigenvalue weighted by Gasteiger charge is 2.32. The lowest BCUT2D eigenvalue weighted by atomic mass is 10.4. The second-order valence-corrected chi connectivity index (χ2v) is 8.88. The van der Waals surface area contributed by atoms with Gasteiger partial charge in [-0.25, -0.2) is 0 Å². The largest absolute Gasteiger partial charge is 0.474 e. The van der Waals surface area contributed by atoms with Crippen LogP contribution in [0.2, 0.25) is 18.1 Å². The number of furan rings is 1. The fraction of sp³-hybridized carbons (Fsp3) is 0.545. The molecule has 0 amide bonds. The SMILES string of the molecule is CC[Si](CC)(CC)c1cc(C=O)co1. The van der Waals surface area contributed by atoms with E-state index in [2.05, 4.69) is 20.8 Å². The van der Waals surface area contributed by atoms with E-state index >= 15 is 0 Å². The number of rotatable bonds is 5. The summed E-state index contributed by atoms with van der Waals surface area (Å²) in [4.78, 5) is 10.6. The second-order valence-electron chi connectivity index (χ2n) is 3.70. The summed E-state index contributed by atoms with van der Waals surface area (Å²) in [7, 11) is -1.41. The molecule has 14 heavy (non-hydrogen) atoms. The number of hydrogen-bond donors (Lipinski definition) is 0. The molecule has 78 valence electrons. The van der Waals surface area contributed by atoms with Gasteiger partial charge >= 0.3 is 0 Å². The molecule has 2 nitrogen and oxygen atoms in total. The number of carbonyl (C=O) groups excluding carboxylic acids is 1. The lowest BCUT2D eigenvalue weighted by Crippen LogP contribution is -2.44. The number of carbonyl (C=O) groups is 1. The molecular formula is C11H18O2Si. The molecule has 0 aliphatic carbocycles. The van der Waals surface area contributed by atoms with Gasteiger partial charge in [0.2, 0.25) is 0 Å². The van der Waals surface area contributed by atoms with Crippen molar-refractivity contribution in [3.8, 4) is 0 Å². The topological polar surface area (TPSA) is 30.2 Å². The molecule has 0 atom stereocenters. The van der Waals surface area contributed by atoms with E-state index in [0.29, 0.717) is 5.56 Å². The smallest absolute Gasteiger partial charge is 0.153 e. The molecule has 0 fully saturated rings. The molecule has 0 unspecified atom stereocenters. The van der Waals surface area contributed by atoms with Gasteiger partial charge in [0.05, 0.1) is 10.9 Å². The summed E-state index contributed by atoms with van der Waals surface area (Å²) in [5.41, 5.74) is 0.673. The summed E-state index contributed by atoms with van der Waals surface area (Å²) in [5, 5.41) is 1.09. The van der Waals surface area contributed by atoms with Gasteiger partial charge in [0.1, 0.15) is 14.3 Å². The van der Waals surface area contributed by atoms with E-state index in [9.17, 15) is 4.79 Å². The maximum absolute atomic E-state index is 10.6. The normalized spacial score (nSPS) is 11.6. The molecule has 0 aliphatic rings. The van der Waals surface area contributed by atoms with Crippen LogP contribution in [0.1, 0.15) is 31.1 Å². The van der Waals surface area contributed by atoms with E-state index in [1.54, 1.807) is 6.26 Å². The summed E-state index contributed by atoms with van der Waals surface area (Å²) in [6, 6.07) is 5.49. The number of hydrogen-bond acceptors (Lipinski definition) is 2. The van der Waals surface area contributed by atoms with Crippen LogP contribution in [0.4, 0.5) is 0 Å². The van der Waals surface area contributed by atoms with E-state index in [4.69, 9.17) is 4.42 Å². The molecule has 0 aromatic carbocycles. The minimum atomic E-state index is -1.41. The molecule has 0 aliphatic heterocycles. The van der Waals surface area contributed by atoms with E-state index in [0.717, 1.165) is 11.7 Å². The molecule has 1 heterocycles. The second kappa shape index (κ2) is 4.60. The van der Waals surface area contributed by atoms with Crippen molar-refractivity contribution >= 4 is 19.7 Å². The maximum atomic E-state index is 10.6. The fourth-order valence-electron chi connectivity index (χ4n) is 1.96. The predicted octanol–water partition coefficient (Wildman–Crippen LogP) is 2.81. The first kappa shape index (κ1) is 11.2. The van der Waals surface area contributed by atoms with Gasteiger partial charge in [0.25, 0.3) is 0 Å². The van der Waals surface area contributed by atoms with Gasteiger partial charge in [0.15, 0.2) is 6.29 Å². The molecule has 0 saturated carbocycles. The third-order valence-corrected chi connectivity index (χ3v) is 8.68. The Morgan fingerprint density at radius 1 is 1.29 bits per heavy atom. The first-order chi connectivity index (χ1) is 6.72. The zero-order valence-electron chi connectivity index (χ0n) is 9.17. The molecule has 1 rings (SSSR count). The van der Waals surface area contributed by atoms with Crippen LogP contribution in [-0.4, -0.2) is 14.4 Å². The van der Waals surface area contributed by atoms with Crippen molar-refractivity contribution in [1.29, 1.82) is 0 Å². The van der Waals surface area contributed by atoms with Crippen molar-refractivity contribution in [2.75, 3.05) is 0 Å². The molecule has 0 N–H and O–H groups in total. The van der Waals surface area contributed by atoms with Crippen LogP contribution in [-0.2, 0) is 0 Å². The molecule has 0 saturated heterocycles. The molecule has 1 aromatic heterocycles. The van der Waals surface area contributed by atoms with E-state index in [1.165, 1.54) is 18.1 Å². The third-order valence-electron chi connectivity index (χ3n) is 3.31. The van der Waals surface area contributed by atoms with Crippen molar-refractivity contribution in [3.63, 3.8) is 0 Å². The van der Waals surface area contributed by atoms with Crippen molar-refractivity contribution in [1.82, 2.24) is 0 Å². The maximum Gasteiger partial charge on any atom is 0.153 e.